The number of aryl methyl sites for hydroxylation is 2. The topological polar surface area (TPSA) is 52.5 Å². The summed E-state index contributed by atoms with van der Waals surface area (Å²) < 4.78 is 0. The summed E-state index contributed by atoms with van der Waals surface area (Å²) in [6, 6.07) is 2.09. The Hall–Kier alpha value is -1.20. The van der Waals surface area contributed by atoms with Crippen LogP contribution in [-0.2, 0) is 6.42 Å². The van der Waals surface area contributed by atoms with Crippen molar-refractivity contribution < 1.29 is 5.11 Å². The van der Waals surface area contributed by atoms with Crippen LogP contribution < -0.4 is 4.90 Å². The highest BCUT2D eigenvalue weighted by Gasteiger charge is 2.33. The third-order valence-electron chi connectivity index (χ3n) is 4.46. The van der Waals surface area contributed by atoms with Gasteiger partial charge in [0.05, 0.1) is 0 Å². The second kappa shape index (κ2) is 7.18. The van der Waals surface area contributed by atoms with E-state index in [2.05, 4.69) is 46.7 Å². The van der Waals surface area contributed by atoms with Crippen molar-refractivity contribution in [1.29, 1.82) is 0 Å². The number of hydrogen-bond donors (Lipinski definition) is 1. The molecule has 0 unspecified atom stereocenters. The van der Waals surface area contributed by atoms with Crippen molar-refractivity contribution in [1.82, 2.24) is 14.9 Å². The molecule has 0 aromatic carbocycles. The molecule has 0 saturated carbocycles. The van der Waals surface area contributed by atoms with Gasteiger partial charge in [0, 0.05) is 43.9 Å². The largest absolute Gasteiger partial charge is 0.396 e. The summed E-state index contributed by atoms with van der Waals surface area (Å²) in [5, 5.41) is 9.66. The zero-order valence-corrected chi connectivity index (χ0v) is 13.7. The van der Waals surface area contributed by atoms with Gasteiger partial charge in [-0.1, -0.05) is 13.8 Å². The first-order valence-electron chi connectivity index (χ1n) is 7.96. The Morgan fingerprint density at radius 2 is 2.00 bits per heavy atom. The lowest BCUT2D eigenvalue weighted by Crippen LogP contribution is -2.31. The van der Waals surface area contributed by atoms with Crippen molar-refractivity contribution in [3.05, 3.63) is 17.6 Å². The standard InChI is InChI=1S/C16H28N4O/c1-5-15-7-16(18-12(3)17-15)20-9-13(8-19(4)6-2)14(10-20)11-21/h7,13-14,21H,5-6,8-11H2,1-4H3/t13-,14-/m1/s1. The monoisotopic (exact) mass is 292 g/mol. The normalized spacial score (nSPS) is 22.3. The van der Waals surface area contributed by atoms with Gasteiger partial charge in [-0.25, -0.2) is 9.97 Å². The molecule has 2 atom stereocenters. The van der Waals surface area contributed by atoms with Crippen LogP contribution in [0.25, 0.3) is 0 Å². The SMILES string of the molecule is CCc1cc(N2C[C@@H](CN(C)CC)[C@@H](CO)C2)nc(C)n1. The molecule has 21 heavy (non-hydrogen) atoms. The van der Waals surface area contributed by atoms with E-state index in [-0.39, 0.29) is 6.61 Å². The van der Waals surface area contributed by atoms with E-state index >= 15 is 0 Å². The Morgan fingerprint density at radius 3 is 2.62 bits per heavy atom. The van der Waals surface area contributed by atoms with E-state index in [0.29, 0.717) is 11.8 Å². The molecule has 1 saturated heterocycles. The highest BCUT2D eigenvalue weighted by molar-refractivity contribution is 5.41. The summed E-state index contributed by atoms with van der Waals surface area (Å²) in [5.74, 6) is 2.68. The third-order valence-corrected chi connectivity index (χ3v) is 4.46. The van der Waals surface area contributed by atoms with Crippen LogP contribution in [0.15, 0.2) is 6.07 Å². The number of rotatable bonds is 6. The summed E-state index contributed by atoms with van der Waals surface area (Å²) >= 11 is 0. The molecule has 2 rings (SSSR count). The van der Waals surface area contributed by atoms with Crippen molar-refractivity contribution in [2.75, 3.05) is 44.7 Å². The van der Waals surface area contributed by atoms with Crippen LogP contribution in [0.3, 0.4) is 0 Å². The quantitative estimate of drug-likeness (QED) is 0.857. The van der Waals surface area contributed by atoms with Crippen LogP contribution in [0.4, 0.5) is 5.82 Å². The van der Waals surface area contributed by atoms with Crippen LogP contribution >= 0.6 is 0 Å². The smallest absolute Gasteiger partial charge is 0.132 e. The molecule has 0 radical (unpaired) electrons. The minimum Gasteiger partial charge on any atom is -0.396 e. The Balaban J connectivity index is 2.13. The van der Waals surface area contributed by atoms with Crippen LogP contribution in [0.2, 0.25) is 0 Å². The lowest BCUT2D eigenvalue weighted by molar-refractivity contribution is 0.178. The van der Waals surface area contributed by atoms with Crippen molar-refractivity contribution in [3.8, 4) is 0 Å². The average molecular weight is 292 g/mol. The van der Waals surface area contributed by atoms with Crippen LogP contribution in [-0.4, -0.2) is 59.8 Å². The summed E-state index contributed by atoms with van der Waals surface area (Å²) in [4.78, 5) is 13.7. The first-order chi connectivity index (χ1) is 10.1. The minimum absolute atomic E-state index is 0.253. The Labute approximate surface area is 128 Å². The predicted octanol–water partition coefficient (Wildman–Crippen LogP) is 1.34. The van der Waals surface area contributed by atoms with Gasteiger partial charge in [0.25, 0.3) is 0 Å². The number of aliphatic hydroxyl groups is 1. The van der Waals surface area contributed by atoms with Gasteiger partial charge in [-0.3, -0.25) is 0 Å². The molecule has 118 valence electrons. The predicted molar refractivity (Wildman–Crippen MR) is 85.6 cm³/mol. The molecule has 0 spiro atoms. The fraction of sp³-hybridized carbons (Fsp3) is 0.750. The first-order valence-corrected chi connectivity index (χ1v) is 7.96. The third kappa shape index (κ3) is 3.92. The molecule has 0 aliphatic carbocycles. The lowest BCUT2D eigenvalue weighted by atomic mass is 9.96. The molecule has 5 heteroatoms. The fourth-order valence-corrected chi connectivity index (χ4v) is 3.02. The molecule has 1 aliphatic rings. The summed E-state index contributed by atoms with van der Waals surface area (Å²) in [7, 11) is 2.14. The van der Waals surface area contributed by atoms with Crippen LogP contribution in [0.5, 0.6) is 0 Å². The maximum Gasteiger partial charge on any atom is 0.132 e. The number of aliphatic hydroxyl groups excluding tert-OH is 1. The summed E-state index contributed by atoms with van der Waals surface area (Å²) in [6.07, 6.45) is 0.926. The second-order valence-corrected chi connectivity index (χ2v) is 6.08. The lowest BCUT2D eigenvalue weighted by Gasteiger charge is -2.22. The maximum atomic E-state index is 9.66. The molecule has 1 N–H and O–H groups in total. The van der Waals surface area contributed by atoms with E-state index in [4.69, 9.17) is 0 Å². The van der Waals surface area contributed by atoms with E-state index in [1.165, 1.54) is 0 Å². The van der Waals surface area contributed by atoms with Gasteiger partial charge in [-0.05, 0) is 32.9 Å². The Kier molecular flexibility index (Phi) is 5.53. The highest BCUT2D eigenvalue weighted by Crippen LogP contribution is 2.28. The minimum atomic E-state index is 0.253. The molecule has 0 bridgehead atoms. The maximum absolute atomic E-state index is 9.66. The highest BCUT2D eigenvalue weighted by atomic mass is 16.3. The number of aromatic nitrogens is 2. The van der Waals surface area contributed by atoms with Gasteiger partial charge >= 0.3 is 0 Å². The van der Waals surface area contributed by atoms with Crippen LogP contribution in [0.1, 0.15) is 25.4 Å². The van der Waals surface area contributed by atoms with Gasteiger partial charge in [0.2, 0.25) is 0 Å². The van der Waals surface area contributed by atoms with Crippen molar-refractivity contribution in [3.63, 3.8) is 0 Å². The van der Waals surface area contributed by atoms with E-state index in [1.54, 1.807) is 0 Å². The number of anilines is 1. The van der Waals surface area contributed by atoms with E-state index in [0.717, 1.165) is 49.9 Å². The molecule has 1 aliphatic heterocycles. The van der Waals surface area contributed by atoms with Crippen molar-refractivity contribution in [2.45, 2.75) is 27.2 Å². The molecule has 0 amide bonds. The average Bonchev–Trinajstić information content (AvgIpc) is 2.89. The molecule has 5 nitrogen and oxygen atoms in total. The molecule has 1 aromatic rings. The van der Waals surface area contributed by atoms with Crippen molar-refractivity contribution >= 4 is 5.82 Å². The summed E-state index contributed by atoms with van der Waals surface area (Å²) in [6.45, 7) is 10.4. The zero-order valence-electron chi connectivity index (χ0n) is 13.7. The zero-order chi connectivity index (χ0) is 15.4. The molecular formula is C16H28N4O. The molecular weight excluding hydrogens is 264 g/mol. The van der Waals surface area contributed by atoms with Gasteiger partial charge < -0.3 is 14.9 Å². The van der Waals surface area contributed by atoms with Gasteiger partial charge in [0.15, 0.2) is 0 Å². The van der Waals surface area contributed by atoms with Gasteiger partial charge in [0.1, 0.15) is 11.6 Å². The molecule has 1 fully saturated rings. The Morgan fingerprint density at radius 1 is 1.29 bits per heavy atom. The summed E-state index contributed by atoms with van der Waals surface area (Å²) in [5.41, 5.74) is 1.09. The van der Waals surface area contributed by atoms with E-state index < -0.39 is 0 Å². The first kappa shape index (κ1) is 16.2. The van der Waals surface area contributed by atoms with E-state index in [1.807, 2.05) is 6.92 Å². The van der Waals surface area contributed by atoms with Crippen LogP contribution in [0, 0.1) is 18.8 Å². The number of hydrogen-bond acceptors (Lipinski definition) is 5. The fourth-order valence-electron chi connectivity index (χ4n) is 3.02. The molecule has 1 aromatic heterocycles. The molecule has 2 heterocycles. The second-order valence-electron chi connectivity index (χ2n) is 6.08. The number of nitrogens with zero attached hydrogens (tertiary/aromatic N) is 4. The van der Waals surface area contributed by atoms with Gasteiger partial charge in [-0.2, -0.15) is 0 Å². The van der Waals surface area contributed by atoms with Crippen molar-refractivity contribution in [2.24, 2.45) is 11.8 Å². The van der Waals surface area contributed by atoms with E-state index in [9.17, 15) is 5.11 Å². The Bertz CT molecular complexity index is 466. The van der Waals surface area contributed by atoms with Gasteiger partial charge in [-0.15, -0.1) is 0 Å².